The molecule has 1 heterocycles. The molecule has 1 unspecified atom stereocenters. The van der Waals surface area contributed by atoms with Gasteiger partial charge in [-0.2, -0.15) is 0 Å². The maximum Gasteiger partial charge on any atom is 0.235 e. The number of aromatic nitrogens is 1. The normalized spacial score (nSPS) is 16.7. The van der Waals surface area contributed by atoms with Crippen LogP contribution in [-0.2, 0) is 12.8 Å². The largest absolute Gasteiger partial charge is 0.397 e. The van der Waals surface area contributed by atoms with Crippen LogP contribution in [0.4, 0.5) is 5.69 Å². The number of nitrogen functional groups attached to an aromatic ring is 1. The predicted octanol–water partition coefficient (Wildman–Crippen LogP) is 4.35. The first-order chi connectivity index (χ1) is 11.0. The van der Waals surface area contributed by atoms with Gasteiger partial charge in [0.2, 0.25) is 5.91 Å². The van der Waals surface area contributed by atoms with Crippen LogP contribution >= 0.6 is 15.9 Å². The van der Waals surface area contributed by atoms with Gasteiger partial charge in [0.05, 0.1) is 11.2 Å². The van der Waals surface area contributed by atoms with Gasteiger partial charge in [-0.05, 0) is 55.2 Å². The molecule has 0 saturated carbocycles. The fourth-order valence-corrected chi connectivity index (χ4v) is 4.06. The summed E-state index contributed by atoms with van der Waals surface area (Å²) >= 11 is 3.51. The van der Waals surface area contributed by atoms with Gasteiger partial charge in [-0.3, -0.25) is 9.36 Å². The molecule has 1 aliphatic carbocycles. The van der Waals surface area contributed by atoms with E-state index in [9.17, 15) is 4.79 Å². The van der Waals surface area contributed by atoms with E-state index in [1.54, 1.807) is 4.57 Å². The number of nitrogens with two attached hydrogens (primary N) is 1. The third-order valence-corrected chi connectivity index (χ3v) is 5.20. The van der Waals surface area contributed by atoms with Crippen molar-refractivity contribution < 1.29 is 4.79 Å². The van der Waals surface area contributed by atoms with Gasteiger partial charge in [-0.25, -0.2) is 0 Å². The third kappa shape index (κ3) is 2.29. The summed E-state index contributed by atoms with van der Waals surface area (Å²) in [6.45, 7) is 1.97. The molecule has 1 aromatic heterocycles. The molecule has 2 N–H and O–H groups in total. The molecule has 2 aromatic carbocycles. The van der Waals surface area contributed by atoms with Gasteiger partial charge in [-0.15, -0.1) is 0 Å². The van der Waals surface area contributed by atoms with Crippen molar-refractivity contribution in [1.29, 1.82) is 0 Å². The van der Waals surface area contributed by atoms with Crippen LogP contribution in [0.2, 0.25) is 0 Å². The Hall–Kier alpha value is -2.07. The van der Waals surface area contributed by atoms with Crippen molar-refractivity contribution in [2.24, 2.45) is 5.92 Å². The molecular weight excluding hydrogens is 352 g/mol. The van der Waals surface area contributed by atoms with Crippen LogP contribution in [-0.4, -0.2) is 10.5 Å². The number of anilines is 1. The Balaban J connectivity index is 1.76. The molecule has 0 radical (unpaired) electrons. The van der Waals surface area contributed by atoms with E-state index in [0.717, 1.165) is 33.9 Å². The number of hydrogen-bond donors (Lipinski definition) is 1. The predicted molar refractivity (Wildman–Crippen MR) is 96.8 cm³/mol. The van der Waals surface area contributed by atoms with Crippen molar-refractivity contribution in [3.63, 3.8) is 0 Å². The molecule has 0 saturated heterocycles. The van der Waals surface area contributed by atoms with Gasteiger partial charge in [-0.1, -0.05) is 34.1 Å². The molecule has 1 aliphatic rings. The maximum absolute atomic E-state index is 13.1. The van der Waals surface area contributed by atoms with E-state index in [0.29, 0.717) is 5.69 Å². The number of hydrogen-bond acceptors (Lipinski definition) is 2. The standard InChI is InChI=1S/C19H17BrN2O/c1-11-7-13-3-2-4-17(21)18(13)22(11)19(23)15-8-12-5-6-16(20)10-14(12)9-15/h2-7,10,15H,8-9,21H2,1H3. The van der Waals surface area contributed by atoms with Crippen LogP contribution in [0.25, 0.3) is 10.9 Å². The monoisotopic (exact) mass is 368 g/mol. The highest BCUT2D eigenvalue weighted by Gasteiger charge is 2.30. The number of rotatable bonds is 1. The van der Waals surface area contributed by atoms with Crippen LogP contribution in [0.5, 0.6) is 0 Å². The summed E-state index contributed by atoms with van der Waals surface area (Å²) in [6, 6.07) is 14.1. The zero-order valence-electron chi connectivity index (χ0n) is 12.8. The molecule has 3 aromatic rings. The number of carbonyl (C=O) groups excluding carboxylic acids is 1. The van der Waals surface area contributed by atoms with Crippen molar-refractivity contribution in [2.75, 3.05) is 5.73 Å². The topological polar surface area (TPSA) is 48.0 Å². The van der Waals surface area contributed by atoms with Gasteiger partial charge < -0.3 is 5.73 Å². The van der Waals surface area contributed by atoms with Crippen LogP contribution in [0.15, 0.2) is 46.9 Å². The SMILES string of the molecule is Cc1cc2cccc(N)c2n1C(=O)C1Cc2ccc(Br)cc2C1. The lowest BCUT2D eigenvalue weighted by Gasteiger charge is -2.13. The summed E-state index contributed by atoms with van der Waals surface area (Å²) in [7, 11) is 0. The van der Waals surface area contributed by atoms with Crippen LogP contribution < -0.4 is 5.73 Å². The number of benzene rings is 2. The van der Waals surface area contributed by atoms with E-state index in [2.05, 4.69) is 28.1 Å². The zero-order chi connectivity index (χ0) is 16.1. The molecule has 23 heavy (non-hydrogen) atoms. The van der Waals surface area contributed by atoms with Crippen molar-refractivity contribution >= 4 is 38.4 Å². The van der Waals surface area contributed by atoms with Crippen LogP contribution in [0, 0.1) is 12.8 Å². The van der Waals surface area contributed by atoms with E-state index >= 15 is 0 Å². The summed E-state index contributed by atoms with van der Waals surface area (Å²) in [5.41, 5.74) is 11.1. The first-order valence-electron chi connectivity index (χ1n) is 7.72. The number of fused-ring (bicyclic) bond motifs is 2. The number of para-hydroxylation sites is 1. The van der Waals surface area contributed by atoms with E-state index in [-0.39, 0.29) is 11.8 Å². The minimum absolute atomic E-state index is 0.0202. The number of nitrogens with zero attached hydrogens (tertiary/aromatic N) is 1. The number of halogens is 1. The lowest BCUT2D eigenvalue weighted by molar-refractivity contribution is 0.0843. The lowest BCUT2D eigenvalue weighted by atomic mass is 10.1. The fourth-order valence-electron chi connectivity index (χ4n) is 3.65. The summed E-state index contributed by atoms with van der Waals surface area (Å²) in [5.74, 6) is 0.121. The van der Waals surface area contributed by atoms with Gasteiger partial charge in [0, 0.05) is 21.5 Å². The Bertz CT molecular complexity index is 942. The molecule has 4 rings (SSSR count). The Morgan fingerprint density at radius 3 is 2.78 bits per heavy atom. The maximum atomic E-state index is 13.1. The van der Waals surface area contributed by atoms with E-state index in [1.807, 2.05) is 37.3 Å². The van der Waals surface area contributed by atoms with Crippen LogP contribution in [0.1, 0.15) is 21.6 Å². The van der Waals surface area contributed by atoms with E-state index in [1.165, 1.54) is 11.1 Å². The molecule has 4 heteroatoms. The molecule has 1 atom stereocenters. The Labute approximate surface area is 143 Å². The molecule has 3 nitrogen and oxygen atoms in total. The van der Waals surface area contributed by atoms with E-state index < -0.39 is 0 Å². The van der Waals surface area contributed by atoms with Gasteiger partial charge in [0.15, 0.2) is 0 Å². The molecule has 116 valence electrons. The number of carbonyl (C=O) groups is 1. The van der Waals surface area contributed by atoms with Gasteiger partial charge in [0.25, 0.3) is 0 Å². The first-order valence-corrected chi connectivity index (χ1v) is 8.52. The molecule has 0 bridgehead atoms. The smallest absolute Gasteiger partial charge is 0.235 e. The highest BCUT2D eigenvalue weighted by molar-refractivity contribution is 9.10. The van der Waals surface area contributed by atoms with Crippen molar-refractivity contribution in [3.05, 3.63) is 63.8 Å². The minimum atomic E-state index is -0.0202. The molecule has 0 spiro atoms. The average Bonchev–Trinajstić information content (AvgIpc) is 3.07. The first kappa shape index (κ1) is 14.5. The van der Waals surface area contributed by atoms with E-state index in [4.69, 9.17) is 5.73 Å². The Morgan fingerprint density at radius 2 is 1.96 bits per heavy atom. The summed E-state index contributed by atoms with van der Waals surface area (Å²) in [6.07, 6.45) is 1.59. The Kier molecular flexibility index (Phi) is 3.31. The summed E-state index contributed by atoms with van der Waals surface area (Å²) < 4.78 is 2.87. The summed E-state index contributed by atoms with van der Waals surface area (Å²) in [4.78, 5) is 13.1. The molecule has 0 aliphatic heterocycles. The van der Waals surface area contributed by atoms with Gasteiger partial charge in [0.1, 0.15) is 0 Å². The van der Waals surface area contributed by atoms with Crippen molar-refractivity contribution in [2.45, 2.75) is 19.8 Å². The quantitative estimate of drug-likeness (QED) is 0.649. The number of aryl methyl sites for hydroxylation is 1. The van der Waals surface area contributed by atoms with Crippen molar-refractivity contribution in [1.82, 2.24) is 4.57 Å². The zero-order valence-corrected chi connectivity index (χ0v) is 14.4. The lowest BCUT2D eigenvalue weighted by Crippen LogP contribution is -2.23. The molecular formula is C19H17BrN2O. The van der Waals surface area contributed by atoms with Gasteiger partial charge >= 0.3 is 0 Å². The second-order valence-corrected chi connectivity index (χ2v) is 7.18. The van der Waals surface area contributed by atoms with Crippen molar-refractivity contribution in [3.8, 4) is 0 Å². The molecule has 0 amide bonds. The average molecular weight is 369 g/mol. The fraction of sp³-hybridized carbons (Fsp3) is 0.211. The second-order valence-electron chi connectivity index (χ2n) is 6.26. The minimum Gasteiger partial charge on any atom is -0.397 e. The third-order valence-electron chi connectivity index (χ3n) is 4.71. The Morgan fingerprint density at radius 1 is 1.17 bits per heavy atom. The van der Waals surface area contributed by atoms with Crippen LogP contribution in [0.3, 0.4) is 0 Å². The highest BCUT2D eigenvalue weighted by atomic mass is 79.9. The summed E-state index contributed by atoms with van der Waals surface area (Å²) in [5, 5.41) is 1.02. The second kappa shape index (κ2) is 5.24. The highest BCUT2D eigenvalue weighted by Crippen LogP contribution is 2.32. The molecule has 0 fully saturated rings.